The molecule has 202 valence electrons. The summed E-state index contributed by atoms with van der Waals surface area (Å²) in [5.41, 5.74) is 1.03. The van der Waals surface area contributed by atoms with Crippen molar-refractivity contribution in [2.24, 2.45) is 11.8 Å². The van der Waals surface area contributed by atoms with Crippen molar-refractivity contribution in [3.05, 3.63) is 35.9 Å². The van der Waals surface area contributed by atoms with Crippen molar-refractivity contribution < 1.29 is 28.7 Å². The third-order valence-corrected chi connectivity index (χ3v) is 7.00. The van der Waals surface area contributed by atoms with Crippen LogP contribution >= 0.6 is 0 Å². The number of benzene rings is 1. The number of likely N-dealkylation sites (N-methyl/N-ethyl adjacent to an activating group) is 1. The standard InChI is InChI=1S/C27H38N4O6/c1-2-28-26(35)23(32)21(17-20-12-14-29-24(20)33)30-25(34)22(16-19-10-6-7-11-19)31-27(36)37-15-13-18-8-4-3-5-9-18/h3-5,8-9,19-22H,2,6-7,10-17H2,1H3,(H,28,35)(H,29,33)(H,30,34)(H,31,36)/t20-,21-,22-/m0/s1. The first-order chi connectivity index (χ1) is 17.9. The van der Waals surface area contributed by atoms with E-state index in [0.29, 0.717) is 25.8 Å². The van der Waals surface area contributed by atoms with E-state index in [0.717, 1.165) is 31.2 Å². The number of alkyl carbamates (subject to hydrolysis) is 1. The first kappa shape index (κ1) is 28.1. The maximum Gasteiger partial charge on any atom is 0.407 e. The molecule has 1 aliphatic carbocycles. The van der Waals surface area contributed by atoms with Crippen molar-refractivity contribution in [1.82, 2.24) is 21.3 Å². The first-order valence-electron chi connectivity index (χ1n) is 13.2. The number of rotatable bonds is 13. The number of carbonyl (C=O) groups excluding carboxylic acids is 5. The third kappa shape index (κ3) is 8.87. The number of hydrogen-bond donors (Lipinski definition) is 4. The van der Waals surface area contributed by atoms with Crippen molar-refractivity contribution >= 4 is 29.6 Å². The SMILES string of the molecule is CCNC(=O)C(=O)[C@H](C[C@@H]1CCNC1=O)NC(=O)[C@H](CC1CCCC1)NC(=O)OCCc1ccccc1. The molecule has 2 fully saturated rings. The predicted molar refractivity (Wildman–Crippen MR) is 136 cm³/mol. The van der Waals surface area contributed by atoms with Gasteiger partial charge in [-0.15, -0.1) is 0 Å². The summed E-state index contributed by atoms with van der Waals surface area (Å²) in [5.74, 6) is -2.60. The summed E-state index contributed by atoms with van der Waals surface area (Å²) in [6.07, 6.45) is 4.82. The Kier molecular flexibility index (Phi) is 10.9. The summed E-state index contributed by atoms with van der Waals surface area (Å²) < 4.78 is 5.32. The molecular weight excluding hydrogens is 476 g/mol. The highest BCUT2D eigenvalue weighted by Gasteiger charge is 2.36. The molecule has 1 aliphatic heterocycles. The topological polar surface area (TPSA) is 143 Å². The molecule has 1 aromatic rings. The average Bonchev–Trinajstić information content (AvgIpc) is 3.55. The van der Waals surface area contributed by atoms with Gasteiger partial charge in [-0.05, 0) is 37.7 Å². The molecule has 0 aromatic heterocycles. The van der Waals surface area contributed by atoms with Gasteiger partial charge in [-0.25, -0.2) is 4.79 Å². The van der Waals surface area contributed by atoms with Crippen LogP contribution in [-0.2, 0) is 30.3 Å². The van der Waals surface area contributed by atoms with E-state index < -0.39 is 41.7 Å². The molecule has 0 spiro atoms. The Hall–Kier alpha value is -3.43. The quantitative estimate of drug-likeness (QED) is 0.295. The van der Waals surface area contributed by atoms with Crippen LogP contribution < -0.4 is 21.3 Å². The Morgan fingerprint density at radius 2 is 1.73 bits per heavy atom. The van der Waals surface area contributed by atoms with Crippen LogP contribution in [0.25, 0.3) is 0 Å². The van der Waals surface area contributed by atoms with Gasteiger partial charge >= 0.3 is 6.09 Å². The average molecular weight is 515 g/mol. The largest absolute Gasteiger partial charge is 0.449 e. The highest BCUT2D eigenvalue weighted by Crippen LogP contribution is 2.29. The number of hydrogen-bond acceptors (Lipinski definition) is 6. The Bertz CT molecular complexity index is 947. The Balaban J connectivity index is 1.65. The van der Waals surface area contributed by atoms with E-state index in [9.17, 15) is 24.0 Å². The van der Waals surface area contributed by atoms with Gasteiger partial charge in [-0.2, -0.15) is 0 Å². The second-order valence-corrected chi connectivity index (χ2v) is 9.75. The number of carbonyl (C=O) groups is 5. The van der Waals surface area contributed by atoms with Gasteiger partial charge in [0, 0.05) is 25.4 Å². The first-order valence-corrected chi connectivity index (χ1v) is 13.2. The van der Waals surface area contributed by atoms with Crippen LogP contribution in [0.5, 0.6) is 0 Å². The molecule has 10 nitrogen and oxygen atoms in total. The number of ether oxygens (including phenoxy) is 1. The lowest BCUT2D eigenvalue weighted by atomic mass is 9.94. The van der Waals surface area contributed by atoms with E-state index in [4.69, 9.17) is 4.74 Å². The molecule has 10 heteroatoms. The summed E-state index contributed by atoms with van der Waals surface area (Å²) in [4.78, 5) is 63.2. The number of Topliss-reactive ketones (excluding diaryl/α,β-unsaturated/α-hetero) is 1. The molecule has 0 unspecified atom stereocenters. The third-order valence-electron chi connectivity index (χ3n) is 7.00. The minimum Gasteiger partial charge on any atom is -0.449 e. The van der Waals surface area contributed by atoms with E-state index in [1.165, 1.54) is 0 Å². The van der Waals surface area contributed by atoms with Crippen LogP contribution in [0.2, 0.25) is 0 Å². The van der Waals surface area contributed by atoms with E-state index in [2.05, 4.69) is 21.3 Å². The van der Waals surface area contributed by atoms with E-state index in [-0.39, 0.29) is 31.4 Å². The molecule has 1 aromatic carbocycles. The van der Waals surface area contributed by atoms with Crippen molar-refractivity contribution in [3.63, 3.8) is 0 Å². The van der Waals surface area contributed by atoms with Gasteiger partial charge in [0.15, 0.2) is 0 Å². The summed E-state index contributed by atoms with van der Waals surface area (Å²) >= 11 is 0. The number of nitrogens with one attached hydrogen (secondary N) is 4. The zero-order chi connectivity index (χ0) is 26.6. The molecular formula is C27H38N4O6. The van der Waals surface area contributed by atoms with Crippen molar-refractivity contribution in [3.8, 4) is 0 Å². The van der Waals surface area contributed by atoms with Gasteiger partial charge in [-0.1, -0.05) is 56.0 Å². The fourth-order valence-electron chi connectivity index (χ4n) is 4.97. The summed E-state index contributed by atoms with van der Waals surface area (Å²) in [5, 5.41) is 10.5. The molecule has 1 saturated heterocycles. The molecule has 1 heterocycles. The molecule has 1 saturated carbocycles. The molecule has 0 bridgehead atoms. The van der Waals surface area contributed by atoms with Crippen LogP contribution in [0.1, 0.15) is 57.4 Å². The van der Waals surface area contributed by atoms with Gasteiger partial charge < -0.3 is 26.0 Å². The predicted octanol–water partition coefficient (Wildman–Crippen LogP) is 1.62. The van der Waals surface area contributed by atoms with Crippen LogP contribution in [0.4, 0.5) is 4.79 Å². The molecule has 2 aliphatic rings. The maximum absolute atomic E-state index is 13.3. The zero-order valence-electron chi connectivity index (χ0n) is 21.4. The van der Waals surface area contributed by atoms with Crippen molar-refractivity contribution in [2.75, 3.05) is 19.7 Å². The highest BCUT2D eigenvalue weighted by atomic mass is 16.5. The van der Waals surface area contributed by atoms with E-state index >= 15 is 0 Å². The zero-order valence-corrected chi connectivity index (χ0v) is 21.4. The molecule has 37 heavy (non-hydrogen) atoms. The monoisotopic (exact) mass is 514 g/mol. The number of amides is 4. The minimum atomic E-state index is -1.17. The van der Waals surface area contributed by atoms with Gasteiger partial charge in [0.1, 0.15) is 6.04 Å². The van der Waals surface area contributed by atoms with Gasteiger partial charge in [0.05, 0.1) is 12.6 Å². The normalized spacial score (nSPS) is 18.9. The highest BCUT2D eigenvalue weighted by molar-refractivity contribution is 6.38. The smallest absolute Gasteiger partial charge is 0.407 e. The van der Waals surface area contributed by atoms with Crippen LogP contribution in [0.3, 0.4) is 0 Å². The van der Waals surface area contributed by atoms with Crippen LogP contribution in [0, 0.1) is 11.8 Å². The van der Waals surface area contributed by atoms with Gasteiger partial charge in [0.2, 0.25) is 17.6 Å². The van der Waals surface area contributed by atoms with Crippen LogP contribution in [-0.4, -0.2) is 61.4 Å². The van der Waals surface area contributed by atoms with E-state index in [1.54, 1.807) is 6.92 Å². The summed E-state index contributed by atoms with van der Waals surface area (Å²) in [6.45, 7) is 2.59. The maximum atomic E-state index is 13.3. The number of ketones is 1. The lowest BCUT2D eigenvalue weighted by molar-refractivity contribution is -0.140. The van der Waals surface area contributed by atoms with Gasteiger partial charge in [0.25, 0.3) is 5.91 Å². The molecule has 3 atom stereocenters. The lowest BCUT2D eigenvalue weighted by Crippen LogP contribution is -2.55. The second-order valence-electron chi connectivity index (χ2n) is 9.75. The lowest BCUT2D eigenvalue weighted by Gasteiger charge is -2.25. The molecule has 4 amide bonds. The van der Waals surface area contributed by atoms with Crippen molar-refractivity contribution in [2.45, 2.75) is 70.4 Å². The summed E-state index contributed by atoms with van der Waals surface area (Å²) in [7, 11) is 0. The molecule has 0 radical (unpaired) electrons. The second kappa shape index (κ2) is 14.3. The minimum absolute atomic E-state index is 0.0191. The Morgan fingerprint density at radius 1 is 1.00 bits per heavy atom. The van der Waals surface area contributed by atoms with Crippen LogP contribution in [0.15, 0.2) is 30.3 Å². The Morgan fingerprint density at radius 3 is 2.38 bits per heavy atom. The molecule has 3 rings (SSSR count). The van der Waals surface area contributed by atoms with Crippen molar-refractivity contribution in [1.29, 1.82) is 0 Å². The fourth-order valence-corrected chi connectivity index (χ4v) is 4.97. The van der Waals surface area contributed by atoms with E-state index in [1.807, 2.05) is 30.3 Å². The fraction of sp³-hybridized carbons (Fsp3) is 0.593. The van der Waals surface area contributed by atoms with Gasteiger partial charge in [-0.3, -0.25) is 19.2 Å². The summed E-state index contributed by atoms with van der Waals surface area (Å²) in [6, 6.07) is 7.51. The Labute approximate surface area is 217 Å². The molecule has 4 N–H and O–H groups in total.